The summed E-state index contributed by atoms with van der Waals surface area (Å²) in [6, 6.07) is 36.5. The van der Waals surface area contributed by atoms with Crippen LogP contribution in [0.25, 0.3) is 11.5 Å². The van der Waals surface area contributed by atoms with Crippen LogP contribution in [0.4, 0.5) is 0 Å². The first-order valence-corrected chi connectivity index (χ1v) is 18.1. The number of carboxylic acids is 1. The SMILES string of the molecule is O=C(CNC(=O)[C@H](Cc1cn(C(c2ccccc2)(c2ccccc2)c2ccccc2)cn1)NC(=O)c1coc(-c2ccccc2)n1)N[C@@H](Cc1cnc[nH]1)C(=O)O. The number of aromatic nitrogens is 5. The van der Waals surface area contributed by atoms with E-state index in [0.717, 1.165) is 16.7 Å². The molecule has 14 heteroatoms. The number of nitrogens with zero attached hydrogens (tertiary/aromatic N) is 4. The maximum atomic E-state index is 13.9. The van der Waals surface area contributed by atoms with Gasteiger partial charge in [0.15, 0.2) is 5.69 Å². The summed E-state index contributed by atoms with van der Waals surface area (Å²) in [6.45, 7) is -0.562. The molecule has 0 aliphatic heterocycles. The number of oxazole rings is 1. The van der Waals surface area contributed by atoms with E-state index < -0.39 is 47.9 Å². The van der Waals surface area contributed by atoms with Crippen molar-refractivity contribution in [2.75, 3.05) is 6.54 Å². The van der Waals surface area contributed by atoms with E-state index in [1.54, 1.807) is 18.5 Å². The van der Waals surface area contributed by atoms with Crippen LogP contribution >= 0.6 is 0 Å². The molecule has 0 bridgehead atoms. The van der Waals surface area contributed by atoms with Gasteiger partial charge < -0.3 is 35.0 Å². The molecule has 3 heterocycles. The number of rotatable bonds is 16. The van der Waals surface area contributed by atoms with Gasteiger partial charge in [-0.25, -0.2) is 19.7 Å². The van der Waals surface area contributed by atoms with E-state index in [-0.39, 0.29) is 24.4 Å². The van der Waals surface area contributed by atoms with E-state index >= 15 is 0 Å². The molecule has 0 fully saturated rings. The smallest absolute Gasteiger partial charge is 0.326 e. The average Bonchev–Trinajstić information content (AvgIpc) is 4.05. The van der Waals surface area contributed by atoms with Gasteiger partial charge in [-0.15, -0.1) is 0 Å². The Morgan fingerprint density at radius 2 is 1.37 bits per heavy atom. The number of hydrogen-bond acceptors (Lipinski definition) is 8. The highest BCUT2D eigenvalue weighted by molar-refractivity contribution is 5.97. The normalized spacial score (nSPS) is 12.3. The van der Waals surface area contributed by atoms with Gasteiger partial charge in [0.25, 0.3) is 5.91 Å². The quantitative estimate of drug-likeness (QED) is 0.0888. The molecule has 0 radical (unpaired) electrons. The van der Waals surface area contributed by atoms with Gasteiger partial charge in [0.05, 0.1) is 24.9 Å². The van der Waals surface area contributed by atoms with Gasteiger partial charge in [0.1, 0.15) is 23.9 Å². The number of carbonyl (C=O) groups excluding carboxylic acids is 3. The Morgan fingerprint density at radius 3 is 1.93 bits per heavy atom. The molecule has 57 heavy (non-hydrogen) atoms. The largest absolute Gasteiger partial charge is 0.480 e. The standard InChI is InChI=1S/C43H38N8O6/c52-38(48-36(42(55)56)21-33-23-44-27-46-33)24-45-39(53)35(49-40(54)37-26-57-41(50-37)29-13-5-1-6-14-29)22-34-25-51(28-47-34)43(30-15-7-2-8-16-30,31-17-9-3-10-18-31)32-19-11-4-12-20-32/h1-20,23,25-28,35-36H,21-22,24H2,(H,44,46)(H,45,53)(H,48,52)(H,49,54)(H,55,56)/t35-,36-/m0/s1. The molecule has 0 spiro atoms. The number of amides is 3. The summed E-state index contributed by atoms with van der Waals surface area (Å²) in [5.41, 5.74) is 3.59. The molecule has 0 unspecified atom stereocenters. The van der Waals surface area contributed by atoms with Crippen molar-refractivity contribution in [3.8, 4) is 11.5 Å². The van der Waals surface area contributed by atoms with E-state index in [9.17, 15) is 24.3 Å². The molecule has 3 amide bonds. The third kappa shape index (κ3) is 8.55. The minimum Gasteiger partial charge on any atom is -0.480 e. The highest BCUT2D eigenvalue weighted by Crippen LogP contribution is 2.40. The molecular formula is C43H38N8O6. The van der Waals surface area contributed by atoms with E-state index in [0.29, 0.717) is 17.0 Å². The maximum Gasteiger partial charge on any atom is 0.326 e. The Bertz CT molecular complexity index is 2320. The third-order valence-corrected chi connectivity index (χ3v) is 9.43. The first-order valence-electron chi connectivity index (χ1n) is 18.1. The summed E-state index contributed by atoms with van der Waals surface area (Å²) in [4.78, 5) is 68.1. The van der Waals surface area contributed by atoms with Gasteiger partial charge >= 0.3 is 5.97 Å². The zero-order valence-electron chi connectivity index (χ0n) is 30.5. The Morgan fingerprint density at radius 1 is 0.772 bits per heavy atom. The number of carboxylic acid groups (broad SMARTS) is 1. The highest BCUT2D eigenvalue weighted by Gasteiger charge is 2.38. The van der Waals surface area contributed by atoms with Gasteiger partial charge in [-0.1, -0.05) is 109 Å². The third-order valence-electron chi connectivity index (χ3n) is 9.43. The van der Waals surface area contributed by atoms with E-state index in [1.165, 1.54) is 18.8 Å². The van der Waals surface area contributed by atoms with Crippen molar-refractivity contribution < 1.29 is 28.7 Å². The minimum atomic E-state index is -1.28. The lowest BCUT2D eigenvalue weighted by atomic mass is 9.77. The monoisotopic (exact) mass is 762 g/mol. The summed E-state index contributed by atoms with van der Waals surface area (Å²) in [5, 5.41) is 17.4. The summed E-state index contributed by atoms with van der Waals surface area (Å²) in [6.07, 6.45) is 7.47. The Balaban J connectivity index is 1.17. The second-order valence-corrected chi connectivity index (χ2v) is 13.2. The lowest BCUT2D eigenvalue weighted by molar-refractivity contribution is -0.141. The lowest BCUT2D eigenvalue weighted by Crippen LogP contribution is -2.52. The second-order valence-electron chi connectivity index (χ2n) is 13.2. The molecule has 7 aromatic rings. The summed E-state index contributed by atoms with van der Waals surface area (Å²) in [5.74, 6) is -3.18. The van der Waals surface area contributed by atoms with Crippen molar-refractivity contribution in [1.29, 1.82) is 0 Å². The molecule has 4 aromatic carbocycles. The number of hydrogen-bond donors (Lipinski definition) is 5. The van der Waals surface area contributed by atoms with Crippen molar-refractivity contribution >= 4 is 23.7 Å². The van der Waals surface area contributed by atoms with Crippen LogP contribution in [-0.4, -0.2) is 71.9 Å². The number of benzene rings is 4. The Kier molecular flexibility index (Phi) is 11.4. The summed E-state index contributed by atoms with van der Waals surface area (Å²) >= 11 is 0. The molecule has 0 saturated carbocycles. The van der Waals surface area contributed by atoms with Gasteiger partial charge in [-0.3, -0.25) is 14.4 Å². The fraction of sp³-hybridized carbons (Fsp3) is 0.140. The number of H-pyrrole nitrogens is 1. The molecule has 5 N–H and O–H groups in total. The van der Waals surface area contributed by atoms with Gasteiger partial charge in [0, 0.05) is 36.5 Å². The van der Waals surface area contributed by atoms with Gasteiger partial charge in [0.2, 0.25) is 17.7 Å². The first kappa shape index (κ1) is 37.7. The highest BCUT2D eigenvalue weighted by atomic mass is 16.4. The summed E-state index contributed by atoms with van der Waals surface area (Å²) < 4.78 is 7.56. The number of imidazole rings is 2. The van der Waals surface area contributed by atoms with Crippen LogP contribution in [0.3, 0.4) is 0 Å². The second kappa shape index (κ2) is 17.2. The van der Waals surface area contributed by atoms with Crippen LogP contribution in [0, 0.1) is 0 Å². The average molecular weight is 763 g/mol. The number of carbonyl (C=O) groups is 4. The number of aliphatic carboxylic acids is 1. The molecule has 0 aliphatic carbocycles. The van der Waals surface area contributed by atoms with Crippen molar-refractivity contribution in [2.24, 2.45) is 0 Å². The van der Waals surface area contributed by atoms with Gasteiger partial charge in [-0.05, 0) is 28.8 Å². The molecule has 286 valence electrons. The van der Waals surface area contributed by atoms with Crippen LogP contribution in [-0.2, 0) is 32.8 Å². The Hall–Kier alpha value is -7.61. The molecular weight excluding hydrogens is 725 g/mol. The van der Waals surface area contributed by atoms with E-state index in [1.807, 2.05) is 120 Å². The molecule has 3 aromatic heterocycles. The number of aromatic amines is 1. The topological polar surface area (TPSA) is 197 Å². The zero-order valence-corrected chi connectivity index (χ0v) is 30.5. The van der Waals surface area contributed by atoms with Crippen LogP contribution in [0.5, 0.6) is 0 Å². The molecule has 7 rings (SSSR count). The molecule has 0 aliphatic rings. The van der Waals surface area contributed by atoms with Crippen LogP contribution in [0.15, 0.2) is 157 Å². The van der Waals surface area contributed by atoms with E-state index in [4.69, 9.17) is 9.40 Å². The first-order chi connectivity index (χ1) is 27.8. The predicted octanol–water partition coefficient (Wildman–Crippen LogP) is 4.37. The minimum absolute atomic E-state index is 0.0462. The van der Waals surface area contributed by atoms with Crippen molar-refractivity contribution in [3.63, 3.8) is 0 Å². The van der Waals surface area contributed by atoms with E-state index in [2.05, 4.69) is 30.9 Å². The Labute approximate surface area is 327 Å². The zero-order chi connectivity index (χ0) is 39.6. The molecule has 2 atom stereocenters. The van der Waals surface area contributed by atoms with Crippen molar-refractivity contribution in [2.45, 2.75) is 30.5 Å². The fourth-order valence-electron chi connectivity index (χ4n) is 6.73. The van der Waals surface area contributed by atoms with Gasteiger partial charge in [-0.2, -0.15) is 0 Å². The van der Waals surface area contributed by atoms with Crippen molar-refractivity contribution in [3.05, 3.63) is 186 Å². The maximum absolute atomic E-state index is 13.9. The van der Waals surface area contributed by atoms with Crippen LogP contribution in [0.2, 0.25) is 0 Å². The van der Waals surface area contributed by atoms with Crippen LogP contribution < -0.4 is 16.0 Å². The summed E-state index contributed by atoms with van der Waals surface area (Å²) in [7, 11) is 0. The molecule has 0 saturated heterocycles. The predicted molar refractivity (Wildman–Crippen MR) is 209 cm³/mol. The fourth-order valence-corrected chi connectivity index (χ4v) is 6.73. The lowest BCUT2D eigenvalue weighted by Gasteiger charge is -2.37. The van der Waals surface area contributed by atoms with Crippen LogP contribution in [0.1, 0.15) is 38.6 Å². The molecule has 14 nitrogen and oxygen atoms in total. The number of nitrogens with one attached hydrogen (secondary N) is 4. The van der Waals surface area contributed by atoms with Crippen molar-refractivity contribution in [1.82, 2.24) is 40.5 Å².